The minimum Gasteiger partial charge on any atom is -0.379 e. The highest BCUT2D eigenvalue weighted by Gasteiger charge is 2.26. The molecule has 0 N–H and O–H groups in total. The standard InChI is InChI=1S/C21H28BrN3O2/c1-3-24-16-19(22)13-20(24)21(26)25(15-18-7-5-4-6-8-18)17(2)14-23-9-11-27-12-10-23/h4-8,13,16-17H,3,9-12,14-15H2,1-2H3. The number of morpholine rings is 1. The van der Waals surface area contributed by atoms with Crippen molar-refractivity contribution in [3.05, 3.63) is 58.3 Å². The third kappa shape index (κ3) is 5.21. The Kier molecular flexibility index (Phi) is 7.10. The van der Waals surface area contributed by atoms with E-state index in [0.717, 1.165) is 55.1 Å². The SMILES string of the molecule is CCn1cc(Br)cc1C(=O)N(Cc1ccccc1)C(C)CN1CCOCC1. The Bertz CT molecular complexity index is 741. The van der Waals surface area contributed by atoms with Gasteiger partial charge in [0.2, 0.25) is 0 Å². The lowest BCUT2D eigenvalue weighted by atomic mass is 10.1. The van der Waals surface area contributed by atoms with Crippen LogP contribution in [0.1, 0.15) is 29.9 Å². The van der Waals surface area contributed by atoms with Gasteiger partial charge in [0.1, 0.15) is 5.69 Å². The summed E-state index contributed by atoms with van der Waals surface area (Å²) in [6, 6.07) is 12.2. The minimum absolute atomic E-state index is 0.0761. The number of carbonyl (C=O) groups is 1. The van der Waals surface area contributed by atoms with Crippen molar-refractivity contribution in [2.24, 2.45) is 0 Å². The molecule has 0 aliphatic carbocycles. The first-order valence-electron chi connectivity index (χ1n) is 9.59. The van der Waals surface area contributed by atoms with Crippen molar-refractivity contribution in [2.75, 3.05) is 32.8 Å². The summed E-state index contributed by atoms with van der Waals surface area (Å²) in [5.74, 6) is 0.0761. The molecule has 0 radical (unpaired) electrons. The Morgan fingerprint density at radius 1 is 1.26 bits per heavy atom. The third-order valence-electron chi connectivity index (χ3n) is 5.04. The molecule has 1 aliphatic rings. The second kappa shape index (κ2) is 9.53. The topological polar surface area (TPSA) is 37.7 Å². The first kappa shape index (κ1) is 20.1. The number of ether oxygens (including phenoxy) is 1. The fourth-order valence-electron chi connectivity index (χ4n) is 3.53. The molecule has 1 aliphatic heterocycles. The van der Waals surface area contributed by atoms with Gasteiger partial charge in [0.15, 0.2) is 0 Å². The summed E-state index contributed by atoms with van der Waals surface area (Å²) in [4.78, 5) is 17.8. The molecule has 3 rings (SSSR count). The van der Waals surface area contributed by atoms with Crippen molar-refractivity contribution >= 4 is 21.8 Å². The van der Waals surface area contributed by atoms with Crippen LogP contribution in [0.5, 0.6) is 0 Å². The Balaban J connectivity index is 1.82. The molecule has 1 saturated heterocycles. The highest BCUT2D eigenvalue weighted by Crippen LogP contribution is 2.20. The van der Waals surface area contributed by atoms with Crippen molar-refractivity contribution in [1.82, 2.24) is 14.4 Å². The largest absolute Gasteiger partial charge is 0.379 e. The molecular formula is C21H28BrN3O2. The Morgan fingerprint density at radius 2 is 1.96 bits per heavy atom. The number of hydrogen-bond acceptors (Lipinski definition) is 3. The van der Waals surface area contributed by atoms with Gasteiger partial charge < -0.3 is 14.2 Å². The number of aromatic nitrogens is 1. The number of hydrogen-bond donors (Lipinski definition) is 0. The Hall–Kier alpha value is -1.63. The predicted octanol–water partition coefficient (Wildman–Crippen LogP) is 3.63. The van der Waals surface area contributed by atoms with E-state index < -0.39 is 0 Å². The first-order valence-corrected chi connectivity index (χ1v) is 10.4. The van der Waals surface area contributed by atoms with E-state index in [4.69, 9.17) is 4.74 Å². The lowest BCUT2D eigenvalue weighted by Crippen LogP contribution is -2.48. The average molecular weight is 434 g/mol. The molecule has 0 spiro atoms. The zero-order valence-electron chi connectivity index (χ0n) is 16.1. The molecule has 0 bridgehead atoms. The molecule has 1 unspecified atom stereocenters. The summed E-state index contributed by atoms with van der Waals surface area (Å²) in [7, 11) is 0. The number of amides is 1. The lowest BCUT2D eigenvalue weighted by Gasteiger charge is -2.35. The first-order chi connectivity index (χ1) is 13.1. The number of halogens is 1. The molecule has 146 valence electrons. The van der Waals surface area contributed by atoms with Gasteiger partial charge in [-0.05, 0) is 41.4 Å². The van der Waals surface area contributed by atoms with E-state index in [-0.39, 0.29) is 11.9 Å². The van der Waals surface area contributed by atoms with Crippen LogP contribution in [0.15, 0.2) is 47.1 Å². The molecule has 0 saturated carbocycles. The normalized spacial score (nSPS) is 16.3. The predicted molar refractivity (Wildman–Crippen MR) is 111 cm³/mol. The fourth-order valence-corrected chi connectivity index (χ4v) is 3.99. The number of rotatable bonds is 7. The number of nitrogens with zero attached hydrogens (tertiary/aromatic N) is 3. The summed E-state index contributed by atoms with van der Waals surface area (Å²) >= 11 is 3.51. The van der Waals surface area contributed by atoms with Gasteiger partial charge in [-0.3, -0.25) is 9.69 Å². The number of aryl methyl sites for hydroxylation is 1. The van der Waals surface area contributed by atoms with Gasteiger partial charge in [0, 0.05) is 49.4 Å². The smallest absolute Gasteiger partial charge is 0.271 e. The lowest BCUT2D eigenvalue weighted by molar-refractivity contribution is 0.0226. The van der Waals surface area contributed by atoms with E-state index in [1.165, 1.54) is 0 Å². The van der Waals surface area contributed by atoms with Crippen LogP contribution in [0.2, 0.25) is 0 Å². The van der Waals surface area contributed by atoms with Gasteiger partial charge in [0.25, 0.3) is 5.91 Å². The molecule has 1 fully saturated rings. The summed E-state index contributed by atoms with van der Waals surface area (Å²) < 4.78 is 8.40. The molecule has 1 atom stereocenters. The van der Waals surface area contributed by atoms with E-state index in [1.54, 1.807) is 0 Å². The van der Waals surface area contributed by atoms with Gasteiger partial charge in [-0.1, -0.05) is 30.3 Å². The molecule has 1 aromatic carbocycles. The second-order valence-corrected chi connectivity index (χ2v) is 7.93. The quantitative estimate of drug-likeness (QED) is 0.668. The van der Waals surface area contributed by atoms with Crippen LogP contribution in [-0.2, 0) is 17.8 Å². The van der Waals surface area contributed by atoms with Crippen LogP contribution < -0.4 is 0 Å². The van der Waals surface area contributed by atoms with Crippen LogP contribution in [0, 0.1) is 0 Å². The van der Waals surface area contributed by atoms with Gasteiger partial charge in [0.05, 0.1) is 13.2 Å². The number of benzene rings is 1. The highest BCUT2D eigenvalue weighted by atomic mass is 79.9. The van der Waals surface area contributed by atoms with Crippen LogP contribution in [0.3, 0.4) is 0 Å². The van der Waals surface area contributed by atoms with Crippen molar-refractivity contribution in [3.63, 3.8) is 0 Å². The monoisotopic (exact) mass is 433 g/mol. The maximum atomic E-state index is 13.5. The van der Waals surface area contributed by atoms with Crippen LogP contribution in [0.4, 0.5) is 0 Å². The van der Waals surface area contributed by atoms with E-state index in [2.05, 4.69) is 46.8 Å². The molecule has 2 heterocycles. The summed E-state index contributed by atoms with van der Waals surface area (Å²) in [5.41, 5.74) is 1.88. The molecule has 5 nitrogen and oxygen atoms in total. The molecule has 2 aromatic rings. The molecule has 1 aromatic heterocycles. The summed E-state index contributed by atoms with van der Waals surface area (Å²) in [6.07, 6.45) is 1.97. The van der Waals surface area contributed by atoms with Crippen molar-refractivity contribution in [3.8, 4) is 0 Å². The van der Waals surface area contributed by atoms with E-state index in [1.807, 2.05) is 39.9 Å². The summed E-state index contributed by atoms with van der Waals surface area (Å²) in [6.45, 7) is 9.82. The van der Waals surface area contributed by atoms with Crippen molar-refractivity contribution < 1.29 is 9.53 Å². The summed E-state index contributed by atoms with van der Waals surface area (Å²) in [5, 5.41) is 0. The Labute approximate surface area is 170 Å². The molecule has 6 heteroatoms. The zero-order chi connectivity index (χ0) is 19.2. The maximum Gasteiger partial charge on any atom is 0.271 e. The van der Waals surface area contributed by atoms with Crippen LogP contribution >= 0.6 is 15.9 Å². The van der Waals surface area contributed by atoms with Gasteiger partial charge in [-0.2, -0.15) is 0 Å². The van der Waals surface area contributed by atoms with Gasteiger partial charge >= 0.3 is 0 Å². The van der Waals surface area contributed by atoms with Crippen molar-refractivity contribution in [2.45, 2.75) is 33.0 Å². The third-order valence-corrected chi connectivity index (χ3v) is 5.47. The second-order valence-electron chi connectivity index (χ2n) is 7.01. The van der Waals surface area contributed by atoms with Crippen LogP contribution in [-0.4, -0.2) is 59.2 Å². The fraction of sp³-hybridized carbons (Fsp3) is 0.476. The van der Waals surface area contributed by atoms with E-state index in [9.17, 15) is 4.79 Å². The minimum atomic E-state index is 0.0761. The van der Waals surface area contributed by atoms with Gasteiger partial charge in [-0.15, -0.1) is 0 Å². The highest BCUT2D eigenvalue weighted by molar-refractivity contribution is 9.10. The Morgan fingerprint density at radius 3 is 2.63 bits per heavy atom. The zero-order valence-corrected chi connectivity index (χ0v) is 17.7. The van der Waals surface area contributed by atoms with Crippen molar-refractivity contribution in [1.29, 1.82) is 0 Å². The van der Waals surface area contributed by atoms with Gasteiger partial charge in [-0.25, -0.2) is 0 Å². The average Bonchev–Trinajstić information content (AvgIpc) is 3.08. The molecular weight excluding hydrogens is 406 g/mol. The van der Waals surface area contributed by atoms with E-state index >= 15 is 0 Å². The molecule has 27 heavy (non-hydrogen) atoms. The maximum absolute atomic E-state index is 13.5. The van der Waals surface area contributed by atoms with Crippen LogP contribution in [0.25, 0.3) is 0 Å². The van der Waals surface area contributed by atoms with E-state index in [0.29, 0.717) is 6.54 Å². The number of carbonyl (C=O) groups excluding carboxylic acids is 1. The molecule has 1 amide bonds.